The highest BCUT2D eigenvalue weighted by Gasteiger charge is 2.16. The van der Waals surface area contributed by atoms with Crippen molar-refractivity contribution in [2.45, 2.75) is 38.4 Å². The zero-order valence-electron chi connectivity index (χ0n) is 15.9. The van der Waals surface area contributed by atoms with Gasteiger partial charge in [0.05, 0.1) is 6.10 Å². The zero-order chi connectivity index (χ0) is 19.6. The Morgan fingerprint density at radius 2 is 1.75 bits per heavy atom. The number of rotatable bonds is 9. The van der Waals surface area contributed by atoms with Gasteiger partial charge in [0.2, 0.25) is 11.8 Å². The van der Waals surface area contributed by atoms with Gasteiger partial charge in [0.15, 0.2) is 0 Å². The first-order valence-corrected chi connectivity index (χ1v) is 9.64. The predicted molar refractivity (Wildman–Crippen MR) is 107 cm³/mol. The lowest BCUT2D eigenvalue weighted by atomic mass is 10.2. The molecule has 2 aromatic rings. The van der Waals surface area contributed by atoms with Crippen LogP contribution in [-0.2, 0) is 20.9 Å². The Balaban J connectivity index is 1.34. The van der Waals surface area contributed by atoms with Gasteiger partial charge >= 0.3 is 0 Å². The van der Waals surface area contributed by atoms with Crippen molar-refractivity contribution in [2.24, 2.45) is 0 Å². The summed E-state index contributed by atoms with van der Waals surface area (Å²) in [6.07, 6.45) is 2.44. The molecule has 6 nitrogen and oxygen atoms in total. The van der Waals surface area contributed by atoms with Crippen LogP contribution in [-0.4, -0.2) is 31.1 Å². The first-order chi connectivity index (χ1) is 13.7. The molecule has 1 atom stereocenters. The summed E-state index contributed by atoms with van der Waals surface area (Å²) in [6.45, 7) is 1.78. The monoisotopic (exact) mass is 382 g/mol. The summed E-state index contributed by atoms with van der Waals surface area (Å²) in [5.74, 6) is 0.413. The third kappa shape index (κ3) is 6.70. The molecule has 2 aromatic carbocycles. The Labute approximate surface area is 165 Å². The van der Waals surface area contributed by atoms with Crippen LogP contribution in [0.4, 0.5) is 5.69 Å². The second-order valence-corrected chi connectivity index (χ2v) is 6.79. The summed E-state index contributed by atoms with van der Waals surface area (Å²) in [5, 5.41) is 5.61. The molecule has 1 heterocycles. The molecule has 0 saturated carbocycles. The van der Waals surface area contributed by atoms with E-state index >= 15 is 0 Å². The predicted octanol–water partition coefficient (Wildman–Crippen LogP) is 3.28. The summed E-state index contributed by atoms with van der Waals surface area (Å²) < 4.78 is 11.2. The molecule has 148 valence electrons. The summed E-state index contributed by atoms with van der Waals surface area (Å²) in [5.41, 5.74) is 1.77. The third-order valence-electron chi connectivity index (χ3n) is 4.52. The van der Waals surface area contributed by atoms with E-state index in [0.717, 1.165) is 30.8 Å². The molecule has 0 aromatic heterocycles. The first kappa shape index (κ1) is 19.9. The minimum Gasteiger partial charge on any atom is -0.489 e. The third-order valence-corrected chi connectivity index (χ3v) is 4.52. The van der Waals surface area contributed by atoms with Crippen LogP contribution in [0, 0.1) is 0 Å². The van der Waals surface area contributed by atoms with E-state index in [1.807, 2.05) is 42.5 Å². The Hall–Kier alpha value is -2.86. The quantitative estimate of drug-likeness (QED) is 0.698. The lowest BCUT2D eigenvalue weighted by Gasteiger charge is -2.11. The van der Waals surface area contributed by atoms with Gasteiger partial charge in [-0.1, -0.05) is 30.3 Å². The molecule has 1 fully saturated rings. The van der Waals surface area contributed by atoms with Crippen LogP contribution in [0.3, 0.4) is 0 Å². The second kappa shape index (κ2) is 10.5. The van der Waals surface area contributed by atoms with Gasteiger partial charge in [-0.15, -0.1) is 0 Å². The number of ether oxygens (including phenoxy) is 2. The number of anilines is 1. The van der Waals surface area contributed by atoms with Crippen molar-refractivity contribution in [3.8, 4) is 5.75 Å². The molecule has 2 amide bonds. The van der Waals surface area contributed by atoms with Gasteiger partial charge in [-0.3, -0.25) is 9.59 Å². The van der Waals surface area contributed by atoms with E-state index in [1.54, 1.807) is 12.1 Å². The Bertz CT molecular complexity index is 756. The number of benzene rings is 2. The van der Waals surface area contributed by atoms with E-state index in [-0.39, 0.29) is 30.8 Å². The summed E-state index contributed by atoms with van der Waals surface area (Å²) in [6, 6.07) is 17.1. The SMILES string of the molecule is O=C(CCC(=O)Nc1ccc(OCc2ccccc2)cc1)NCC1CCCO1. The van der Waals surface area contributed by atoms with E-state index in [2.05, 4.69) is 10.6 Å². The van der Waals surface area contributed by atoms with Crippen LogP contribution >= 0.6 is 0 Å². The van der Waals surface area contributed by atoms with Crippen molar-refractivity contribution in [2.75, 3.05) is 18.5 Å². The number of carbonyl (C=O) groups excluding carboxylic acids is 2. The maximum atomic E-state index is 12.0. The molecule has 1 aliphatic heterocycles. The molecule has 0 aliphatic carbocycles. The molecule has 28 heavy (non-hydrogen) atoms. The van der Waals surface area contributed by atoms with Gasteiger partial charge in [-0.25, -0.2) is 0 Å². The smallest absolute Gasteiger partial charge is 0.224 e. The van der Waals surface area contributed by atoms with E-state index in [4.69, 9.17) is 9.47 Å². The van der Waals surface area contributed by atoms with E-state index in [0.29, 0.717) is 18.8 Å². The van der Waals surface area contributed by atoms with Crippen LogP contribution in [0.1, 0.15) is 31.2 Å². The lowest BCUT2D eigenvalue weighted by Crippen LogP contribution is -2.32. The summed E-state index contributed by atoms with van der Waals surface area (Å²) in [4.78, 5) is 23.9. The van der Waals surface area contributed by atoms with Crippen molar-refractivity contribution >= 4 is 17.5 Å². The first-order valence-electron chi connectivity index (χ1n) is 9.64. The van der Waals surface area contributed by atoms with Gasteiger partial charge in [0.1, 0.15) is 12.4 Å². The topological polar surface area (TPSA) is 76.7 Å². The van der Waals surface area contributed by atoms with Crippen molar-refractivity contribution in [3.63, 3.8) is 0 Å². The highest BCUT2D eigenvalue weighted by Crippen LogP contribution is 2.17. The van der Waals surface area contributed by atoms with Crippen LogP contribution in [0.5, 0.6) is 5.75 Å². The van der Waals surface area contributed by atoms with Crippen LogP contribution in [0.25, 0.3) is 0 Å². The fourth-order valence-corrected chi connectivity index (χ4v) is 2.95. The fourth-order valence-electron chi connectivity index (χ4n) is 2.95. The number of nitrogens with one attached hydrogen (secondary N) is 2. The van der Waals surface area contributed by atoms with Crippen LogP contribution in [0.15, 0.2) is 54.6 Å². The molecule has 1 saturated heterocycles. The van der Waals surface area contributed by atoms with Gasteiger partial charge in [0.25, 0.3) is 0 Å². The molecular weight excluding hydrogens is 356 g/mol. The highest BCUT2D eigenvalue weighted by atomic mass is 16.5. The number of carbonyl (C=O) groups is 2. The van der Waals surface area contributed by atoms with E-state index in [1.165, 1.54) is 0 Å². The maximum absolute atomic E-state index is 12.0. The molecule has 0 bridgehead atoms. The normalized spacial score (nSPS) is 15.8. The van der Waals surface area contributed by atoms with Crippen molar-refractivity contribution in [1.29, 1.82) is 0 Å². The highest BCUT2D eigenvalue weighted by molar-refractivity contribution is 5.93. The molecular formula is C22H26N2O4. The van der Waals surface area contributed by atoms with Gasteiger partial charge in [0, 0.05) is 31.7 Å². The lowest BCUT2D eigenvalue weighted by molar-refractivity contribution is -0.124. The van der Waals surface area contributed by atoms with Crippen LogP contribution in [0.2, 0.25) is 0 Å². The van der Waals surface area contributed by atoms with Gasteiger partial charge in [-0.05, 0) is 42.7 Å². The van der Waals surface area contributed by atoms with E-state index < -0.39 is 0 Å². The fraction of sp³-hybridized carbons (Fsp3) is 0.364. The Morgan fingerprint density at radius 3 is 2.46 bits per heavy atom. The minimum absolute atomic E-state index is 0.111. The number of amides is 2. The summed E-state index contributed by atoms with van der Waals surface area (Å²) in [7, 11) is 0. The van der Waals surface area contributed by atoms with Gasteiger partial charge in [-0.2, -0.15) is 0 Å². The molecule has 6 heteroatoms. The average molecular weight is 382 g/mol. The average Bonchev–Trinajstić information content (AvgIpc) is 3.25. The largest absolute Gasteiger partial charge is 0.489 e. The zero-order valence-corrected chi connectivity index (χ0v) is 15.9. The Morgan fingerprint density at radius 1 is 1.00 bits per heavy atom. The van der Waals surface area contributed by atoms with Crippen molar-refractivity contribution in [1.82, 2.24) is 5.32 Å². The standard InChI is InChI=1S/C22H26N2O4/c25-21(23-15-20-7-4-14-27-20)12-13-22(26)24-18-8-10-19(11-9-18)28-16-17-5-2-1-3-6-17/h1-3,5-6,8-11,20H,4,7,12-16H2,(H,23,25)(H,24,26). The molecule has 0 spiro atoms. The maximum Gasteiger partial charge on any atom is 0.224 e. The van der Waals surface area contributed by atoms with Crippen molar-refractivity contribution in [3.05, 3.63) is 60.2 Å². The molecule has 1 aliphatic rings. The second-order valence-electron chi connectivity index (χ2n) is 6.79. The molecule has 2 N–H and O–H groups in total. The van der Waals surface area contributed by atoms with Gasteiger partial charge < -0.3 is 20.1 Å². The number of hydrogen-bond acceptors (Lipinski definition) is 4. The molecule has 3 rings (SSSR count). The minimum atomic E-state index is -0.190. The number of hydrogen-bond donors (Lipinski definition) is 2. The molecule has 0 radical (unpaired) electrons. The Kier molecular flexibility index (Phi) is 7.44. The van der Waals surface area contributed by atoms with Crippen LogP contribution < -0.4 is 15.4 Å². The van der Waals surface area contributed by atoms with Crippen molar-refractivity contribution < 1.29 is 19.1 Å². The summed E-state index contributed by atoms with van der Waals surface area (Å²) >= 11 is 0. The van der Waals surface area contributed by atoms with E-state index in [9.17, 15) is 9.59 Å². The molecule has 1 unspecified atom stereocenters.